The van der Waals surface area contributed by atoms with Crippen molar-refractivity contribution in [1.82, 2.24) is 4.90 Å². The van der Waals surface area contributed by atoms with E-state index in [9.17, 15) is 4.79 Å². The summed E-state index contributed by atoms with van der Waals surface area (Å²) in [6.07, 6.45) is 2.84. The van der Waals surface area contributed by atoms with Crippen molar-refractivity contribution in [3.05, 3.63) is 12.2 Å². The van der Waals surface area contributed by atoms with Crippen molar-refractivity contribution in [3.63, 3.8) is 0 Å². The lowest BCUT2D eigenvalue weighted by molar-refractivity contribution is -0.131. The summed E-state index contributed by atoms with van der Waals surface area (Å²) >= 11 is 0. The van der Waals surface area contributed by atoms with E-state index in [2.05, 4.69) is 18.7 Å². The summed E-state index contributed by atoms with van der Waals surface area (Å²) in [4.78, 5) is 12.2. The van der Waals surface area contributed by atoms with Crippen molar-refractivity contribution in [2.24, 2.45) is 0 Å². The monoisotopic (exact) mass is 157 g/mol. The van der Waals surface area contributed by atoms with Crippen molar-refractivity contribution in [1.29, 1.82) is 0 Å². The van der Waals surface area contributed by atoms with Gasteiger partial charge in [-0.3, -0.25) is 0 Å². The lowest BCUT2D eigenvalue weighted by Crippen LogP contribution is -2.22. The van der Waals surface area contributed by atoms with E-state index < -0.39 is 5.97 Å². The van der Waals surface area contributed by atoms with Crippen LogP contribution in [0.1, 0.15) is 13.8 Å². The van der Waals surface area contributed by atoms with Gasteiger partial charge in [0.1, 0.15) is 0 Å². The summed E-state index contributed by atoms with van der Waals surface area (Å²) in [5, 5.41) is 8.27. The van der Waals surface area contributed by atoms with Gasteiger partial charge in [0.05, 0.1) is 0 Å². The third-order valence-electron chi connectivity index (χ3n) is 1.52. The number of carboxylic acids is 1. The molecule has 0 unspecified atom stereocenters. The van der Waals surface area contributed by atoms with Gasteiger partial charge in [-0.1, -0.05) is 19.9 Å². The fourth-order valence-electron chi connectivity index (χ4n) is 0.784. The third kappa shape index (κ3) is 5.61. The number of likely N-dealkylation sites (N-methyl/N-ethyl adjacent to an activating group) is 1. The van der Waals surface area contributed by atoms with E-state index in [1.807, 2.05) is 0 Å². The molecule has 0 radical (unpaired) electrons. The van der Waals surface area contributed by atoms with E-state index >= 15 is 0 Å². The fourth-order valence-corrected chi connectivity index (χ4v) is 0.784. The Labute approximate surface area is 67.3 Å². The third-order valence-corrected chi connectivity index (χ3v) is 1.52. The van der Waals surface area contributed by atoms with Gasteiger partial charge in [-0.05, 0) is 13.1 Å². The molecule has 1 N–H and O–H groups in total. The Bertz CT molecular complexity index is 139. The van der Waals surface area contributed by atoms with Gasteiger partial charge < -0.3 is 10.0 Å². The Hall–Kier alpha value is -0.830. The largest absolute Gasteiger partial charge is 0.478 e. The molecule has 3 heteroatoms. The minimum atomic E-state index is -0.878. The molecule has 0 bridgehead atoms. The standard InChI is InChI=1S/C8H15NO2/c1-3-9(4-2)7-5-6-8(10)11/h5-6H,3-4,7H2,1-2H3,(H,10,11). The van der Waals surface area contributed by atoms with E-state index in [-0.39, 0.29) is 0 Å². The Kier molecular flexibility index (Phi) is 5.47. The van der Waals surface area contributed by atoms with Crippen LogP contribution in [0.3, 0.4) is 0 Å². The predicted octanol–water partition coefficient (Wildman–Crippen LogP) is 0.969. The normalized spacial score (nSPS) is 11.2. The SMILES string of the molecule is CCN(CC)CC=CC(=O)O. The van der Waals surface area contributed by atoms with E-state index in [0.717, 1.165) is 19.6 Å². The number of aliphatic carboxylic acids is 1. The minimum absolute atomic E-state index is 0.722. The summed E-state index contributed by atoms with van der Waals surface area (Å²) in [6.45, 7) is 6.75. The average Bonchev–Trinajstić information content (AvgIpc) is 1.98. The molecule has 0 saturated carbocycles. The van der Waals surface area contributed by atoms with Crippen LogP contribution in [-0.4, -0.2) is 35.6 Å². The second-order valence-electron chi connectivity index (χ2n) is 2.23. The van der Waals surface area contributed by atoms with Crippen LogP contribution >= 0.6 is 0 Å². The van der Waals surface area contributed by atoms with Crippen LogP contribution in [0.25, 0.3) is 0 Å². The van der Waals surface area contributed by atoms with E-state index in [4.69, 9.17) is 5.11 Å². The second kappa shape index (κ2) is 5.92. The number of nitrogens with zero attached hydrogens (tertiary/aromatic N) is 1. The molecule has 11 heavy (non-hydrogen) atoms. The van der Waals surface area contributed by atoms with E-state index in [1.54, 1.807) is 6.08 Å². The van der Waals surface area contributed by atoms with Crippen LogP contribution in [0, 0.1) is 0 Å². The first kappa shape index (κ1) is 10.2. The zero-order chi connectivity index (χ0) is 8.69. The number of carbonyl (C=O) groups is 1. The molecule has 0 amide bonds. The molecule has 0 aliphatic rings. The predicted molar refractivity (Wildman–Crippen MR) is 44.6 cm³/mol. The van der Waals surface area contributed by atoms with Crippen molar-refractivity contribution in [2.75, 3.05) is 19.6 Å². The van der Waals surface area contributed by atoms with Crippen LogP contribution in [0.4, 0.5) is 0 Å². The summed E-state index contributed by atoms with van der Waals surface area (Å²) in [5.74, 6) is -0.878. The average molecular weight is 157 g/mol. The smallest absolute Gasteiger partial charge is 0.328 e. The lowest BCUT2D eigenvalue weighted by atomic mass is 10.4. The van der Waals surface area contributed by atoms with Crippen molar-refractivity contribution in [2.45, 2.75) is 13.8 Å². The zero-order valence-electron chi connectivity index (χ0n) is 7.08. The van der Waals surface area contributed by atoms with E-state index in [1.165, 1.54) is 6.08 Å². The molecule has 0 atom stereocenters. The highest BCUT2D eigenvalue weighted by molar-refractivity contribution is 5.79. The number of hydrogen-bond donors (Lipinski definition) is 1. The molecular weight excluding hydrogens is 142 g/mol. The van der Waals surface area contributed by atoms with Crippen LogP contribution in [0.15, 0.2) is 12.2 Å². The Balaban J connectivity index is 3.57. The van der Waals surface area contributed by atoms with Crippen LogP contribution in [0.2, 0.25) is 0 Å². The molecule has 0 aliphatic heterocycles. The highest BCUT2D eigenvalue weighted by Crippen LogP contribution is 1.86. The Morgan fingerprint density at radius 2 is 2.00 bits per heavy atom. The number of hydrogen-bond acceptors (Lipinski definition) is 2. The molecule has 0 fully saturated rings. The van der Waals surface area contributed by atoms with Crippen molar-refractivity contribution in [3.8, 4) is 0 Å². The number of carboxylic acid groups (broad SMARTS) is 1. The maximum absolute atomic E-state index is 10.1. The van der Waals surface area contributed by atoms with Gasteiger partial charge in [0.25, 0.3) is 0 Å². The maximum atomic E-state index is 10.1. The Morgan fingerprint density at radius 3 is 2.36 bits per heavy atom. The molecule has 0 rings (SSSR count). The summed E-state index contributed by atoms with van der Waals surface area (Å²) in [7, 11) is 0. The number of rotatable bonds is 5. The Morgan fingerprint density at radius 1 is 1.45 bits per heavy atom. The highest BCUT2D eigenvalue weighted by Gasteiger charge is 1.94. The van der Waals surface area contributed by atoms with Crippen LogP contribution in [-0.2, 0) is 4.79 Å². The molecule has 0 heterocycles. The first-order chi connectivity index (χ1) is 5.20. The second-order valence-corrected chi connectivity index (χ2v) is 2.23. The molecular formula is C8H15NO2. The van der Waals surface area contributed by atoms with Gasteiger partial charge in [0.2, 0.25) is 0 Å². The van der Waals surface area contributed by atoms with Crippen molar-refractivity contribution < 1.29 is 9.90 Å². The topological polar surface area (TPSA) is 40.5 Å². The van der Waals surface area contributed by atoms with Gasteiger partial charge in [0.15, 0.2) is 0 Å². The molecule has 0 saturated heterocycles. The molecule has 0 aromatic rings. The lowest BCUT2D eigenvalue weighted by Gasteiger charge is -2.14. The summed E-state index contributed by atoms with van der Waals surface area (Å²) < 4.78 is 0. The quantitative estimate of drug-likeness (QED) is 0.604. The zero-order valence-corrected chi connectivity index (χ0v) is 7.08. The van der Waals surface area contributed by atoms with E-state index in [0.29, 0.717) is 0 Å². The van der Waals surface area contributed by atoms with Crippen LogP contribution < -0.4 is 0 Å². The molecule has 0 aromatic carbocycles. The van der Waals surface area contributed by atoms with Crippen molar-refractivity contribution >= 4 is 5.97 Å². The van der Waals surface area contributed by atoms with Gasteiger partial charge in [0, 0.05) is 12.6 Å². The van der Waals surface area contributed by atoms with Gasteiger partial charge in [-0.15, -0.1) is 0 Å². The summed E-state index contributed by atoms with van der Waals surface area (Å²) in [6, 6.07) is 0. The first-order valence-corrected chi connectivity index (χ1v) is 3.82. The highest BCUT2D eigenvalue weighted by atomic mass is 16.4. The summed E-state index contributed by atoms with van der Waals surface area (Å²) in [5.41, 5.74) is 0. The fraction of sp³-hybridized carbons (Fsp3) is 0.625. The first-order valence-electron chi connectivity index (χ1n) is 3.82. The van der Waals surface area contributed by atoms with Crippen LogP contribution in [0.5, 0.6) is 0 Å². The molecule has 64 valence electrons. The minimum Gasteiger partial charge on any atom is -0.478 e. The molecule has 3 nitrogen and oxygen atoms in total. The molecule has 0 spiro atoms. The molecule has 0 aromatic heterocycles. The molecule has 0 aliphatic carbocycles. The maximum Gasteiger partial charge on any atom is 0.328 e. The van der Waals surface area contributed by atoms with Gasteiger partial charge in [-0.25, -0.2) is 4.79 Å². The van der Waals surface area contributed by atoms with Gasteiger partial charge in [-0.2, -0.15) is 0 Å². The van der Waals surface area contributed by atoms with Gasteiger partial charge >= 0.3 is 5.97 Å².